The van der Waals surface area contributed by atoms with Crippen LogP contribution in [0.2, 0.25) is 0 Å². The molecule has 0 radical (unpaired) electrons. The SMILES string of the molecule is NCCCNC(=O)c1cccc(S)c1. The number of carbonyl (C=O) groups is 1. The number of thiol groups is 1. The second kappa shape index (κ2) is 5.67. The van der Waals surface area contributed by atoms with Crippen molar-refractivity contribution in [2.24, 2.45) is 5.73 Å². The van der Waals surface area contributed by atoms with E-state index < -0.39 is 0 Å². The Morgan fingerprint density at radius 2 is 2.29 bits per heavy atom. The average molecular weight is 210 g/mol. The van der Waals surface area contributed by atoms with Crippen molar-refractivity contribution in [1.29, 1.82) is 0 Å². The van der Waals surface area contributed by atoms with Crippen LogP contribution < -0.4 is 11.1 Å². The van der Waals surface area contributed by atoms with Crippen LogP contribution in [0.1, 0.15) is 16.8 Å². The van der Waals surface area contributed by atoms with Crippen molar-refractivity contribution in [2.75, 3.05) is 13.1 Å². The molecule has 1 amide bonds. The molecule has 3 N–H and O–H groups in total. The van der Waals surface area contributed by atoms with Gasteiger partial charge in [-0.05, 0) is 31.2 Å². The summed E-state index contributed by atoms with van der Waals surface area (Å²) in [5.74, 6) is -0.0747. The van der Waals surface area contributed by atoms with Crippen LogP contribution in [0.4, 0.5) is 0 Å². The number of amides is 1. The molecule has 0 spiro atoms. The molecule has 1 rings (SSSR count). The van der Waals surface area contributed by atoms with Gasteiger partial charge in [0.15, 0.2) is 0 Å². The molecule has 3 nitrogen and oxygen atoms in total. The maximum atomic E-state index is 11.5. The molecule has 0 unspecified atom stereocenters. The molecular weight excluding hydrogens is 196 g/mol. The summed E-state index contributed by atoms with van der Waals surface area (Å²) < 4.78 is 0. The highest BCUT2D eigenvalue weighted by molar-refractivity contribution is 7.80. The molecule has 1 aromatic rings. The third kappa shape index (κ3) is 3.40. The fourth-order valence-electron chi connectivity index (χ4n) is 1.05. The summed E-state index contributed by atoms with van der Waals surface area (Å²) in [6.07, 6.45) is 0.798. The van der Waals surface area contributed by atoms with Gasteiger partial charge in [0.1, 0.15) is 0 Å². The third-order valence-corrected chi connectivity index (χ3v) is 2.05. The highest BCUT2D eigenvalue weighted by atomic mass is 32.1. The van der Waals surface area contributed by atoms with E-state index in [1.807, 2.05) is 6.07 Å². The number of carbonyl (C=O) groups excluding carboxylic acids is 1. The second-order valence-electron chi connectivity index (χ2n) is 2.95. The van der Waals surface area contributed by atoms with Crippen LogP contribution in [0.3, 0.4) is 0 Å². The third-order valence-electron chi connectivity index (χ3n) is 1.77. The van der Waals surface area contributed by atoms with Crippen molar-refractivity contribution < 1.29 is 4.79 Å². The molecule has 76 valence electrons. The second-order valence-corrected chi connectivity index (χ2v) is 3.46. The number of nitrogens with one attached hydrogen (secondary N) is 1. The van der Waals surface area contributed by atoms with E-state index in [9.17, 15) is 4.79 Å². The van der Waals surface area contributed by atoms with Crippen LogP contribution in [0, 0.1) is 0 Å². The lowest BCUT2D eigenvalue weighted by Crippen LogP contribution is -2.25. The highest BCUT2D eigenvalue weighted by Crippen LogP contribution is 2.08. The van der Waals surface area contributed by atoms with Crippen LogP contribution >= 0.6 is 12.6 Å². The van der Waals surface area contributed by atoms with E-state index in [0.29, 0.717) is 18.7 Å². The minimum atomic E-state index is -0.0747. The first kappa shape index (κ1) is 11.1. The Kier molecular flexibility index (Phi) is 4.49. The molecule has 0 fully saturated rings. The molecule has 0 aromatic heterocycles. The molecule has 0 bridgehead atoms. The van der Waals surface area contributed by atoms with Gasteiger partial charge in [-0.2, -0.15) is 0 Å². The van der Waals surface area contributed by atoms with Crippen molar-refractivity contribution in [3.8, 4) is 0 Å². The monoisotopic (exact) mass is 210 g/mol. The first-order valence-electron chi connectivity index (χ1n) is 4.51. The molecule has 0 saturated carbocycles. The Hall–Kier alpha value is -1.00. The minimum Gasteiger partial charge on any atom is -0.352 e. The number of hydrogen-bond acceptors (Lipinski definition) is 3. The molecule has 0 heterocycles. The molecule has 0 atom stereocenters. The molecule has 0 aliphatic rings. The summed E-state index contributed by atoms with van der Waals surface area (Å²) in [4.78, 5) is 12.3. The predicted molar refractivity (Wildman–Crippen MR) is 59.7 cm³/mol. The first-order chi connectivity index (χ1) is 6.74. The van der Waals surface area contributed by atoms with Crippen molar-refractivity contribution >= 4 is 18.5 Å². The Morgan fingerprint density at radius 1 is 1.50 bits per heavy atom. The molecule has 0 aliphatic heterocycles. The Balaban J connectivity index is 2.52. The zero-order chi connectivity index (χ0) is 10.4. The normalized spacial score (nSPS) is 9.86. The van der Waals surface area contributed by atoms with Crippen molar-refractivity contribution in [3.63, 3.8) is 0 Å². The maximum Gasteiger partial charge on any atom is 0.251 e. The molecular formula is C10H14N2OS. The smallest absolute Gasteiger partial charge is 0.251 e. The molecule has 0 aliphatic carbocycles. The lowest BCUT2D eigenvalue weighted by molar-refractivity contribution is 0.0953. The van der Waals surface area contributed by atoms with E-state index >= 15 is 0 Å². The fraction of sp³-hybridized carbons (Fsp3) is 0.300. The van der Waals surface area contributed by atoms with Crippen LogP contribution in [0.25, 0.3) is 0 Å². The Bertz CT molecular complexity index is 315. The highest BCUT2D eigenvalue weighted by Gasteiger charge is 2.03. The summed E-state index contributed by atoms with van der Waals surface area (Å²) in [6.45, 7) is 1.21. The summed E-state index contributed by atoms with van der Waals surface area (Å²) in [6, 6.07) is 7.14. The molecule has 14 heavy (non-hydrogen) atoms. The van der Waals surface area contributed by atoms with Crippen LogP contribution in [-0.4, -0.2) is 19.0 Å². The fourth-order valence-corrected chi connectivity index (χ4v) is 1.28. The largest absolute Gasteiger partial charge is 0.352 e. The number of nitrogens with two attached hydrogens (primary N) is 1. The maximum absolute atomic E-state index is 11.5. The predicted octanol–water partition coefficient (Wildman–Crippen LogP) is 1.05. The quantitative estimate of drug-likeness (QED) is 0.514. The van der Waals surface area contributed by atoms with E-state index in [4.69, 9.17) is 5.73 Å². The number of benzene rings is 1. The molecule has 0 saturated heterocycles. The van der Waals surface area contributed by atoms with E-state index in [0.717, 1.165) is 11.3 Å². The van der Waals surface area contributed by atoms with Crippen LogP contribution in [0.5, 0.6) is 0 Å². The summed E-state index contributed by atoms with van der Waals surface area (Å²) in [7, 11) is 0. The van der Waals surface area contributed by atoms with Crippen LogP contribution in [0.15, 0.2) is 29.2 Å². The zero-order valence-electron chi connectivity index (χ0n) is 7.86. The molecule has 1 aromatic carbocycles. The lowest BCUT2D eigenvalue weighted by atomic mass is 10.2. The Labute approximate surface area is 89.1 Å². The van der Waals surface area contributed by atoms with Gasteiger partial charge in [-0.3, -0.25) is 4.79 Å². The van der Waals surface area contributed by atoms with Gasteiger partial charge in [-0.1, -0.05) is 6.07 Å². The van der Waals surface area contributed by atoms with E-state index in [1.165, 1.54) is 0 Å². The minimum absolute atomic E-state index is 0.0747. The summed E-state index contributed by atoms with van der Waals surface area (Å²) >= 11 is 4.16. The van der Waals surface area contributed by atoms with Gasteiger partial charge in [-0.25, -0.2) is 0 Å². The van der Waals surface area contributed by atoms with Gasteiger partial charge in [0.25, 0.3) is 5.91 Å². The van der Waals surface area contributed by atoms with Gasteiger partial charge in [-0.15, -0.1) is 12.6 Å². The van der Waals surface area contributed by atoms with Gasteiger partial charge in [0, 0.05) is 17.0 Å². The van der Waals surface area contributed by atoms with Gasteiger partial charge >= 0.3 is 0 Å². The topological polar surface area (TPSA) is 55.1 Å². The van der Waals surface area contributed by atoms with Crippen molar-refractivity contribution in [3.05, 3.63) is 29.8 Å². The van der Waals surface area contributed by atoms with Crippen LogP contribution in [-0.2, 0) is 0 Å². The lowest BCUT2D eigenvalue weighted by Gasteiger charge is -2.04. The van der Waals surface area contributed by atoms with Gasteiger partial charge in [0.2, 0.25) is 0 Å². The van der Waals surface area contributed by atoms with Gasteiger partial charge < -0.3 is 11.1 Å². The van der Waals surface area contributed by atoms with Crippen molar-refractivity contribution in [2.45, 2.75) is 11.3 Å². The van der Waals surface area contributed by atoms with E-state index in [1.54, 1.807) is 18.2 Å². The van der Waals surface area contributed by atoms with Crippen molar-refractivity contribution in [1.82, 2.24) is 5.32 Å². The zero-order valence-corrected chi connectivity index (χ0v) is 8.76. The van der Waals surface area contributed by atoms with E-state index in [2.05, 4.69) is 17.9 Å². The average Bonchev–Trinajstić information content (AvgIpc) is 2.18. The Morgan fingerprint density at radius 3 is 2.93 bits per heavy atom. The number of hydrogen-bond donors (Lipinski definition) is 3. The standard InChI is InChI=1S/C10H14N2OS/c11-5-2-6-12-10(13)8-3-1-4-9(14)7-8/h1,3-4,7,14H,2,5-6,11H2,(H,12,13). The van der Waals surface area contributed by atoms with Gasteiger partial charge in [0.05, 0.1) is 0 Å². The summed E-state index contributed by atoms with van der Waals surface area (Å²) in [5.41, 5.74) is 5.95. The van der Waals surface area contributed by atoms with E-state index in [-0.39, 0.29) is 5.91 Å². The molecule has 4 heteroatoms. The number of rotatable bonds is 4. The first-order valence-corrected chi connectivity index (χ1v) is 4.96. The summed E-state index contributed by atoms with van der Waals surface area (Å²) in [5, 5.41) is 2.77.